The van der Waals surface area contributed by atoms with Crippen molar-refractivity contribution in [2.75, 3.05) is 51.6 Å². The van der Waals surface area contributed by atoms with Gasteiger partial charge in [-0.15, -0.1) is 0 Å². The number of fused-ring (bicyclic) bond motifs is 1. The zero-order chi connectivity index (χ0) is 12.2. The van der Waals surface area contributed by atoms with E-state index < -0.39 is 0 Å². The topological polar surface area (TPSA) is 18.5 Å². The number of hydrogen-bond acceptors (Lipinski definition) is 4. The van der Waals surface area contributed by atoms with Crippen molar-refractivity contribution in [3.63, 3.8) is 0 Å². The predicted molar refractivity (Wildman–Crippen MR) is 79.4 cm³/mol. The number of piperidine rings is 1. The molecule has 0 aromatic heterocycles. The van der Waals surface area contributed by atoms with Gasteiger partial charge in [0.05, 0.1) is 0 Å². The maximum Gasteiger partial charge on any atom is 0.0224 e. The zero-order valence-electron chi connectivity index (χ0n) is 11.4. The van der Waals surface area contributed by atoms with Crippen LogP contribution in [0.3, 0.4) is 0 Å². The maximum atomic E-state index is 3.45. The highest BCUT2D eigenvalue weighted by atomic mass is 32.2. The minimum absolute atomic E-state index is 0.891. The van der Waals surface area contributed by atoms with E-state index in [4.69, 9.17) is 0 Å². The Morgan fingerprint density at radius 2 is 1.94 bits per heavy atom. The summed E-state index contributed by atoms with van der Waals surface area (Å²) < 4.78 is 0. The van der Waals surface area contributed by atoms with Crippen LogP contribution in [0.2, 0.25) is 0 Å². The molecule has 4 heteroatoms. The standard InChI is InChI=1S/C14H27N3S/c1-2-13-12-16(8-9-17(13)7-1)10-11-18-14-3-5-15-6-4-14/h13-15H,1-12H2. The van der Waals surface area contributed by atoms with E-state index in [9.17, 15) is 0 Å². The molecule has 104 valence electrons. The molecule has 0 bridgehead atoms. The zero-order valence-corrected chi connectivity index (χ0v) is 12.3. The molecular weight excluding hydrogens is 242 g/mol. The first-order valence-electron chi connectivity index (χ1n) is 7.70. The molecular formula is C14H27N3S. The molecule has 0 aromatic carbocycles. The van der Waals surface area contributed by atoms with Crippen molar-refractivity contribution in [1.82, 2.24) is 15.1 Å². The lowest BCUT2D eigenvalue weighted by molar-refractivity contribution is 0.110. The van der Waals surface area contributed by atoms with Crippen molar-refractivity contribution in [3.05, 3.63) is 0 Å². The average molecular weight is 269 g/mol. The molecule has 3 aliphatic heterocycles. The molecule has 1 atom stereocenters. The first kappa shape index (κ1) is 13.2. The van der Waals surface area contributed by atoms with E-state index in [1.165, 1.54) is 77.2 Å². The smallest absolute Gasteiger partial charge is 0.0224 e. The Labute approximate surface area is 116 Å². The molecule has 3 heterocycles. The fourth-order valence-electron chi connectivity index (χ4n) is 3.57. The van der Waals surface area contributed by atoms with Gasteiger partial charge in [-0.25, -0.2) is 0 Å². The number of nitrogens with zero attached hydrogens (tertiary/aromatic N) is 2. The first-order valence-corrected chi connectivity index (χ1v) is 8.75. The van der Waals surface area contributed by atoms with Gasteiger partial charge < -0.3 is 5.32 Å². The van der Waals surface area contributed by atoms with Gasteiger partial charge in [0.25, 0.3) is 0 Å². The molecule has 1 unspecified atom stereocenters. The molecule has 3 saturated heterocycles. The second kappa shape index (κ2) is 6.60. The van der Waals surface area contributed by atoms with Crippen LogP contribution < -0.4 is 5.32 Å². The van der Waals surface area contributed by atoms with Gasteiger partial charge in [0.2, 0.25) is 0 Å². The van der Waals surface area contributed by atoms with Crippen molar-refractivity contribution in [2.24, 2.45) is 0 Å². The molecule has 0 spiro atoms. The Morgan fingerprint density at radius 1 is 1.06 bits per heavy atom. The number of hydrogen-bond donors (Lipinski definition) is 1. The Balaban J connectivity index is 1.33. The van der Waals surface area contributed by atoms with E-state index in [1.807, 2.05) is 0 Å². The summed E-state index contributed by atoms with van der Waals surface area (Å²) >= 11 is 2.22. The Kier molecular flexibility index (Phi) is 4.85. The van der Waals surface area contributed by atoms with Crippen LogP contribution in [-0.2, 0) is 0 Å². The van der Waals surface area contributed by atoms with Gasteiger partial charge in [0, 0.05) is 43.2 Å². The molecule has 0 aliphatic carbocycles. The molecule has 1 N–H and O–H groups in total. The van der Waals surface area contributed by atoms with Crippen LogP contribution in [0.5, 0.6) is 0 Å². The largest absolute Gasteiger partial charge is 0.317 e. The van der Waals surface area contributed by atoms with Crippen LogP contribution >= 0.6 is 11.8 Å². The molecule has 3 nitrogen and oxygen atoms in total. The van der Waals surface area contributed by atoms with Gasteiger partial charge in [-0.1, -0.05) is 0 Å². The minimum atomic E-state index is 0.891. The second-order valence-electron chi connectivity index (χ2n) is 5.95. The van der Waals surface area contributed by atoms with Crippen LogP contribution in [0, 0.1) is 0 Å². The normalized spacial score (nSPS) is 31.7. The minimum Gasteiger partial charge on any atom is -0.317 e. The van der Waals surface area contributed by atoms with E-state index in [0.717, 1.165) is 11.3 Å². The number of thioether (sulfide) groups is 1. The van der Waals surface area contributed by atoms with E-state index in [-0.39, 0.29) is 0 Å². The van der Waals surface area contributed by atoms with Crippen molar-refractivity contribution < 1.29 is 0 Å². The van der Waals surface area contributed by atoms with Gasteiger partial charge in [0.1, 0.15) is 0 Å². The molecule has 0 amide bonds. The molecule has 3 aliphatic rings. The lowest BCUT2D eigenvalue weighted by Crippen LogP contribution is -2.50. The van der Waals surface area contributed by atoms with Crippen LogP contribution in [0.4, 0.5) is 0 Å². The molecule has 3 fully saturated rings. The number of nitrogens with one attached hydrogen (secondary N) is 1. The SMILES string of the molecule is C1CC2CN(CCSC3CCNCC3)CCN2C1. The van der Waals surface area contributed by atoms with Crippen molar-refractivity contribution in [2.45, 2.75) is 37.0 Å². The second-order valence-corrected chi connectivity index (χ2v) is 7.36. The molecule has 0 saturated carbocycles. The van der Waals surface area contributed by atoms with Crippen molar-refractivity contribution in [3.8, 4) is 0 Å². The molecule has 18 heavy (non-hydrogen) atoms. The first-order chi connectivity index (χ1) is 8.92. The molecule has 0 aromatic rings. The highest BCUT2D eigenvalue weighted by molar-refractivity contribution is 7.99. The number of piperazine rings is 1. The fourth-order valence-corrected chi connectivity index (χ4v) is 4.84. The van der Waals surface area contributed by atoms with Gasteiger partial charge in [-0.2, -0.15) is 11.8 Å². The Hall–Kier alpha value is 0.230. The van der Waals surface area contributed by atoms with Crippen molar-refractivity contribution >= 4 is 11.8 Å². The molecule has 3 rings (SSSR count). The van der Waals surface area contributed by atoms with Crippen LogP contribution in [0.25, 0.3) is 0 Å². The van der Waals surface area contributed by atoms with Crippen molar-refractivity contribution in [1.29, 1.82) is 0 Å². The highest BCUT2D eigenvalue weighted by Crippen LogP contribution is 2.23. The van der Waals surface area contributed by atoms with Gasteiger partial charge in [-0.3, -0.25) is 9.80 Å². The van der Waals surface area contributed by atoms with Gasteiger partial charge >= 0.3 is 0 Å². The van der Waals surface area contributed by atoms with Crippen LogP contribution in [0.15, 0.2) is 0 Å². The third-order valence-electron chi connectivity index (χ3n) is 4.72. The third kappa shape index (κ3) is 3.41. The quantitative estimate of drug-likeness (QED) is 0.828. The van der Waals surface area contributed by atoms with Gasteiger partial charge in [-0.05, 0) is 45.3 Å². The summed E-state index contributed by atoms with van der Waals surface area (Å²) in [5.74, 6) is 1.34. The van der Waals surface area contributed by atoms with Crippen LogP contribution in [0.1, 0.15) is 25.7 Å². The predicted octanol–water partition coefficient (Wildman–Crippen LogP) is 1.25. The van der Waals surface area contributed by atoms with Crippen LogP contribution in [-0.4, -0.2) is 72.7 Å². The molecule has 0 radical (unpaired) electrons. The summed E-state index contributed by atoms with van der Waals surface area (Å²) in [6, 6.07) is 0.891. The highest BCUT2D eigenvalue weighted by Gasteiger charge is 2.30. The summed E-state index contributed by atoms with van der Waals surface area (Å²) in [6.07, 6.45) is 5.63. The van der Waals surface area contributed by atoms with E-state index in [2.05, 4.69) is 26.9 Å². The summed E-state index contributed by atoms with van der Waals surface area (Å²) in [4.78, 5) is 5.41. The monoisotopic (exact) mass is 269 g/mol. The average Bonchev–Trinajstić information content (AvgIpc) is 2.87. The Bertz CT molecular complexity index is 255. The summed E-state index contributed by atoms with van der Waals surface area (Å²) in [5.41, 5.74) is 0. The lowest BCUT2D eigenvalue weighted by atomic mass is 10.1. The van der Waals surface area contributed by atoms with E-state index in [0.29, 0.717) is 0 Å². The maximum absolute atomic E-state index is 3.45. The summed E-state index contributed by atoms with van der Waals surface area (Å²) in [6.45, 7) is 9.12. The third-order valence-corrected chi connectivity index (χ3v) is 6.08. The summed E-state index contributed by atoms with van der Waals surface area (Å²) in [7, 11) is 0. The van der Waals surface area contributed by atoms with Gasteiger partial charge in [0.15, 0.2) is 0 Å². The summed E-state index contributed by atoms with van der Waals surface area (Å²) in [5, 5.41) is 4.38. The number of rotatable bonds is 4. The lowest BCUT2D eigenvalue weighted by Gasteiger charge is -2.37. The van der Waals surface area contributed by atoms with E-state index >= 15 is 0 Å². The fraction of sp³-hybridized carbons (Fsp3) is 1.00. The Morgan fingerprint density at radius 3 is 2.83 bits per heavy atom. The van der Waals surface area contributed by atoms with E-state index in [1.54, 1.807) is 0 Å².